The highest BCUT2D eigenvalue weighted by Gasteiger charge is 2.53. The fraction of sp³-hybridized carbons (Fsp3) is 0.728. The summed E-state index contributed by atoms with van der Waals surface area (Å²) in [5.74, 6) is -9.11. The third-order valence-electron chi connectivity index (χ3n) is 17.9. The predicted octanol–water partition coefficient (Wildman–Crippen LogP) is -2.08. The quantitative estimate of drug-likeness (QED) is 0.0159. The van der Waals surface area contributed by atoms with Crippen molar-refractivity contribution < 1.29 is 189 Å². The standard InChI is InChI=1S/C81H124IN7O40/c1-49(90)87-72-77(124-58(10)99)75(122-56(8)97)65(44-118-52(4)93)127-79(72)115-38-35-109-29-21-84-67(102)17-26-112-47-81(89-69(104)19-25-106-32-33-108-31-23-86-70(105)40-60-12-14-62(129-82)15-13-60,46-111-24-16-61(101)42-83-20-28-107-34-37-114-71-41-63(120-54(6)95)74(121-55(7)96)64(126-71)43-117-51(3)92)48-113-27-18-68(103)85-22-30-110-36-39-116-80-73(88-50(2)91)78(125-59(11)100)76(123-57(9)98)66(128-80)45-119-53(5)94/h12-15,63-66,71-80,83H,16-48H2,1-11H3,(H,84,102)(H,85,103)(H,86,105)(H,87,90)(H,88,91)(H,89,104)/t63-,64-,65-,66-,71-,72-,73-,74-,75+,76+,77-,78-,79-,80-/m1/s1. The molecule has 0 aromatic heterocycles. The van der Waals surface area contributed by atoms with E-state index < -0.39 is 188 Å². The molecule has 3 aliphatic heterocycles. The molecule has 0 aliphatic carbocycles. The molecular weight excluding hydrogens is 1840 g/mol. The van der Waals surface area contributed by atoms with Gasteiger partial charge in [-0.25, -0.2) is 0 Å². The van der Waals surface area contributed by atoms with E-state index in [1.165, 1.54) is 34.6 Å². The minimum atomic E-state index is -1.58. The maximum Gasteiger partial charge on any atom is 0.303 e. The van der Waals surface area contributed by atoms with Gasteiger partial charge >= 0.3 is 53.7 Å². The number of benzene rings is 1. The summed E-state index contributed by atoms with van der Waals surface area (Å²) in [4.78, 5) is 199. The van der Waals surface area contributed by atoms with Crippen molar-refractivity contribution >= 4 is 118 Å². The van der Waals surface area contributed by atoms with E-state index in [9.17, 15) is 76.7 Å². The zero-order valence-corrected chi connectivity index (χ0v) is 76.6. The van der Waals surface area contributed by atoms with Gasteiger partial charge in [-0.05, 0) is 17.7 Å². The van der Waals surface area contributed by atoms with Crippen molar-refractivity contribution in [1.82, 2.24) is 37.2 Å². The smallest absolute Gasteiger partial charge is 0.303 e. The van der Waals surface area contributed by atoms with Crippen LogP contribution in [0.4, 0.5) is 0 Å². The van der Waals surface area contributed by atoms with Crippen LogP contribution in [0.15, 0.2) is 24.3 Å². The van der Waals surface area contributed by atoms with E-state index in [1.54, 1.807) is 47.3 Å². The number of carbonyl (C=O) groups is 16. The number of halogens is 1. The zero-order valence-electron chi connectivity index (χ0n) is 74.4. The van der Waals surface area contributed by atoms with Gasteiger partial charge in [-0.1, -0.05) is 12.1 Å². The molecule has 1 aromatic rings. The molecule has 4 rings (SSSR count). The first-order chi connectivity index (χ1) is 61.5. The molecule has 6 amide bonds. The van der Waals surface area contributed by atoms with Gasteiger partial charge in [0.15, 0.2) is 72.4 Å². The van der Waals surface area contributed by atoms with Crippen molar-refractivity contribution in [3.8, 4) is 5.75 Å². The van der Waals surface area contributed by atoms with Crippen LogP contribution in [-0.4, -0.2) is 364 Å². The van der Waals surface area contributed by atoms with Crippen LogP contribution in [0, 0.1) is 0 Å². The molecule has 14 atom stereocenters. The summed E-state index contributed by atoms with van der Waals surface area (Å²) >= 11 is 1.76. The maximum absolute atomic E-state index is 14.0. The summed E-state index contributed by atoms with van der Waals surface area (Å²) in [5.41, 5.74) is -0.794. The van der Waals surface area contributed by atoms with Gasteiger partial charge in [0.25, 0.3) is 0 Å². The lowest BCUT2D eigenvalue weighted by Crippen LogP contribution is -2.66. The van der Waals surface area contributed by atoms with Crippen LogP contribution < -0.4 is 40.3 Å². The van der Waals surface area contributed by atoms with E-state index in [1.807, 2.05) is 0 Å². The van der Waals surface area contributed by atoms with Crippen LogP contribution in [0.5, 0.6) is 5.75 Å². The number of ether oxygens (including phenoxy) is 23. The number of amides is 6. The Morgan fingerprint density at radius 1 is 0.372 bits per heavy atom. The van der Waals surface area contributed by atoms with E-state index in [2.05, 4.69) is 37.2 Å². The van der Waals surface area contributed by atoms with Gasteiger partial charge in [0.1, 0.15) is 73.4 Å². The van der Waals surface area contributed by atoms with Crippen LogP contribution in [0.1, 0.15) is 114 Å². The average Bonchev–Trinajstić information content (AvgIpc) is 0.789. The highest BCUT2D eigenvalue weighted by atomic mass is 127. The molecule has 3 fully saturated rings. The summed E-state index contributed by atoms with van der Waals surface area (Å²) in [6.07, 6.45) is -15.3. The summed E-state index contributed by atoms with van der Waals surface area (Å²) in [6.45, 7) is 9.63. The van der Waals surface area contributed by atoms with Gasteiger partial charge in [-0.3, -0.25) is 76.7 Å². The van der Waals surface area contributed by atoms with Crippen molar-refractivity contribution in [2.45, 2.75) is 206 Å². The summed E-state index contributed by atoms with van der Waals surface area (Å²) in [6, 6.07) is 4.60. The maximum atomic E-state index is 14.0. The van der Waals surface area contributed by atoms with Gasteiger partial charge in [-0.15, -0.1) is 0 Å². The fourth-order valence-electron chi connectivity index (χ4n) is 12.6. The number of ketones is 1. The Morgan fingerprint density at radius 2 is 0.736 bits per heavy atom. The van der Waals surface area contributed by atoms with Crippen molar-refractivity contribution in [3.63, 3.8) is 0 Å². The SMILES string of the molecule is CC(=O)N[C@H]1[C@H](OCCOCCNC(=O)CCOCC(COCCC(=O)CNCCOCCO[C@H]2C[C@@H](OC(C)=O)[C@@H](OC(C)=O)[C@@H](COC(C)=O)O2)(COCCC(=O)NCCOCCO[C@@H]2O[C@H](COC(C)=O)[C@H](OC(C)=O)[C@H](OC(C)=O)[C@H]2NC(C)=O)NC(=O)CCOCCOCCNC(=O)Cc2ccc(OI)cc2)O[C@H](COC(C)=O)[C@H](OC(C)=O)[C@@H]1OC(C)=O. The summed E-state index contributed by atoms with van der Waals surface area (Å²) in [5, 5.41) is 19.3. The second-order valence-electron chi connectivity index (χ2n) is 29.1. The number of Topliss-reactive ketones (excluding diaryl/α,β-unsaturated/α-hetero) is 1. The van der Waals surface area contributed by atoms with Gasteiger partial charge in [0.05, 0.1) is 138 Å². The van der Waals surface area contributed by atoms with E-state index in [0.29, 0.717) is 5.75 Å². The molecule has 0 saturated carbocycles. The van der Waals surface area contributed by atoms with Crippen LogP contribution in [-0.2, 0) is 192 Å². The fourth-order valence-corrected chi connectivity index (χ4v) is 12.9. The van der Waals surface area contributed by atoms with Crippen molar-refractivity contribution in [3.05, 3.63) is 29.8 Å². The minimum absolute atomic E-state index is 0.00520. The van der Waals surface area contributed by atoms with Crippen LogP contribution in [0.2, 0.25) is 0 Å². The van der Waals surface area contributed by atoms with Crippen molar-refractivity contribution in [2.75, 3.05) is 178 Å². The molecule has 0 radical (unpaired) electrons. The molecule has 47 nitrogen and oxygen atoms in total. The Balaban J connectivity index is 1.42. The third-order valence-corrected chi connectivity index (χ3v) is 18.4. The molecule has 1 aromatic carbocycles. The number of rotatable bonds is 65. The highest BCUT2D eigenvalue weighted by molar-refractivity contribution is 14.1. The number of esters is 9. The van der Waals surface area contributed by atoms with Crippen molar-refractivity contribution in [1.29, 1.82) is 0 Å². The van der Waals surface area contributed by atoms with Crippen LogP contribution in [0.25, 0.3) is 0 Å². The van der Waals surface area contributed by atoms with Gasteiger partial charge in [0.2, 0.25) is 35.4 Å². The van der Waals surface area contributed by atoms with E-state index in [0.717, 1.165) is 47.1 Å². The number of hydrogen-bond donors (Lipinski definition) is 7. The normalized spacial score (nSPS) is 21.2. The zero-order chi connectivity index (χ0) is 95.1. The molecule has 730 valence electrons. The number of carbonyl (C=O) groups excluding carboxylic acids is 16. The first-order valence-electron chi connectivity index (χ1n) is 41.7. The lowest BCUT2D eigenvalue weighted by Gasteiger charge is -2.44. The number of hydrogen-bond acceptors (Lipinski definition) is 41. The monoisotopic (exact) mass is 1960 g/mol. The Hall–Kier alpha value is -9.13. The summed E-state index contributed by atoms with van der Waals surface area (Å²) in [7, 11) is 0. The second kappa shape index (κ2) is 63.8. The molecular formula is C81H124IN7O40. The van der Waals surface area contributed by atoms with Crippen molar-refractivity contribution in [2.24, 2.45) is 0 Å². The molecule has 3 saturated heterocycles. The van der Waals surface area contributed by atoms with Gasteiger partial charge in [-0.2, -0.15) is 0 Å². The Morgan fingerprint density at radius 3 is 1.16 bits per heavy atom. The Bertz CT molecular complexity index is 3540. The topological polar surface area (TPSA) is 579 Å². The highest BCUT2D eigenvalue weighted by Crippen LogP contribution is 2.31. The lowest BCUT2D eigenvalue weighted by atomic mass is 9.96. The molecule has 0 unspecified atom stereocenters. The first-order valence-corrected chi connectivity index (χ1v) is 42.6. The largest absolute Gasteiger partial charge is 0.463 e. The molecule has 3 heterocycles. The van der Waals surface area contributed by atoms with E-state index >= 15 is 0 Å². The molecule has 0 bridgehead atoms. The molecule has 48 heteroatoms. The Kier molecular flexibility index (Phi) is 55.5. The number of nitrogens with one attached hydrogen (secondary N) is 7. The lowest BCUT2D eigenvalue weighted by molar-refractivity contribution is -0.279. The van der Waals surface area contributed by atoms with E-state index in [4.69, 9.17) is 112 Å². The third kappa shape index (κ3) is 49.1. The van der Waals surface area contributed by atoms with Gasteiger partial charge < -0.3 is 149 Å². The first kappa shape index (κ1) is 112. The molecule has 129 heavy (non-hydrogen) atoms. The van der Waals surface area contributed by atoms with E-state index in [-0.39, 0.29) is 215 Å². The Labute approximate surface area is 760 Å². The average molecular weight is 1960 g/mol. The van der Waals surface area contributed by atoms with Gasteiger partial charge in [0, 0.05) is 134 Å². The molecule has 0 spiro atoms. The summed E-state index contributed by atoms with van der Waals surface area (Å²) < 4.78 is 136. The second-order valence-corrected chi connectivity index (χ2v) is 29.6. The molecule has 3 aliphatic rings. The molecule has 7 N–H and O–H groups in total. The predicted molar refractivity (Wildman–Crippen MR) is 444 cm³/mol. The van der Waals surface area contributed by atoms with Crippen LogP contribution >= 0.6 is 23.0 Å². The minimum Gasteiger partial charge on any atom is -0.463 e. The van der Waals surface area contributed by atoms with Crippen LogP contribution in [0.3, 0.4) is 0 Å².